The van der Waals surface area contributed by atoms with Crippen LogP contribution < -0.4 is 5.32 Å². The number of hydrogen-bond donors (Lipinski definition) is 2. The maximum Gasteiger partial charge on any atom is 0.125 e. The third-order valence-electron chi connectivity index (χ3n) is 2.78. The van der Waals surface area contributed by atoms with Gasteiger partial charge in [-0.2, -0.15) is 5.26 Å². The van der Waals surface area contributed by atoms with Crippen LogP contribution in [0.4, 0.5) is 0 Å². The predicted molar refractivity (Wildman–Crippen MR) is 74.8 cm³/mol. The summed E-state index contributed by atoms with van der Waals surface area (Å²) >= 11 is 5.89. The minimum absolute atomic E-state index is 0.0662. The molecule has 0 aromatic heterocycles. The van der Waals surface area contributed by atoms with E-state index >= 15 is 0 Å². The Kier molecular flexibility index (Phi) is 4.40. The Morgan fingerprint density at radius 3 is 2.63 bits per heavy atom. The van der Waals surface area contributed by atoms with Gasteiger partial charge in [-0.3, -0.25) is 5.32 Å². The molecule has 0 aliphatic rings. The topological polar surface area (TPSA) is 56.0 Å². The lowest BCUT2D eigenvalue weighted by Crippen LogP contribution is -2.19. The predicted octanol–water partition coefficient (Wildman–Crippen LogP) is 3.40. The molecule has 0 spiro atoms. The molecule has 0 radical (unpaired) electrons. The van der Waals surface area contributed by atoms with E-state index in [4.69, 9.17) is 11.6 Å². The van der Waals surface area contributed by atoms with Crippen molar-refractivity contribution in [2.24, 2.45) is 0 Å². The van der Waals surface area contributed by atoms with Gasteiger partial charge in [0.05, 0.1) is 6.07 Å². The Balaban J connectivity index is 2.13. The highest BCUT2D eigenvalue weighted by atomic mass is 35.5. The van der Waals surface area contributed by atoms with Gasteiger partial charge in [-0.15, -0.1) is 0 Å². The minimum Gasteiger partial charge on any atom is -0.508 e. The van der Waals surface area contributed by atoms with Crippen molar-refractivity contribution >= 4 is 11.6 Å². The third kappa shape index (κ3) is 3.47. The van der Waals surface area contributed by atoms with Gasteiger partial charge in [0.2, 0.25) is 0 Å². The molecule has 2 N–H and O–H groups in total. The summed E-state index contributed by atoms with van der Waals surface area (Å²) < 4.78 is 0. The van der Waals surface area contributed by atoms with Gasteiger partial charge in [-0.25, -0.2) is 0 Å². The number of rotatable bonds is 4. The zero-order valence-corrected chi connectivity index (χ0v) is 10.9. The molecule has 1 unspecified atom stereocenters. The monoisotopic (exact) mass is 272 g/mol. The van der Waals surface area contributed by atoms with Crippen LogP contribution >= 0.6 is 11.6 Å². The first-order valence-corrected chi connectivity index (χ1v) is 6.24. The first kappa shape index (κ1) is 13.4. The van der Waals surface area contributed by atoms with E-state index < -0.39 is 6.04 Å². The highest BCUT2D eigenvalue weighted by molar-refractivity contribution is 6.30. The number of aromatic hydroxyl groups is 1. The molecule has 0 bridgehead atoms. The normalized spacial score (nSPS) is 11.8. The second-order valence-electron chi connectivity index (χ2n) is 4.13. The molecule has 0 saturated carbocycles. The second-order valence-corrected chi connectivity index (χ2v) is 4.57. The average molecular weight is 273 g/mol. The van der Waals surface area contributed by atoms with Crippen molar-refractivity contribution in [2.75, 3.05) is 0 Å². The van der Waals surface area contributed by atoms with Crippen LogP contribution in [-0.4, -0.2) is 5.11 Å². The highest BCUT2D eigenvalue weighted by Gasteiger charge is 2.14. The molecule has 0 amide bonds. The molecule has 3 nitrogen and oxygen atoms in total. The van der Waals surface area contributed by atoms with E-state index in [2.05, 4.69) is 11.4 Å². The Hall–Kier alpha value is -2.02. The lowest BCUT2D eigenvalue weighted by molar-refractivity contribution is 0.459. The molecule has 2 aromatic carbocycles. The molecule has 1 atom stereocenters. The van der Waals surface area contributed by atoms with Crippen LogP contribution in [-0.2, 0) is 6.54 Å². The van der Waals surface area contributed by atoms with Crippen LogP contribution in [0, 0.1) is 11.3 Å². The van der Waals surface area contributed by atoms with E-state index in [0.29, 0.717) is 17.1 Å². The number of nitrogens with one attached hydrogen (secondary N) is 1. The van der Waals surface area contributed by atoms with Crippen LogP contribution in [0.5, 0.6) is 5.75 Å². The maximum atomic E-state index is 9.78. The molecule has 0 heterocycles. The fourth-order valence-electron chi connectivity index (χ4n) is 1.80. The zero-order valence-electron chi connectivity index (χ0n) is 10.2. The molecular formula is C15H13ClN2O. The summed E-state index contributed by atoms with van der Waals surface area (Å²) in [7, 11) is 0. The molecule has 19 heavy (non-hydrogen) atoms. The van der Waals surface area contributed by atoms with E-state index in [9.17, 15) is 10.4 Å². The number of hydrogen-bond acceptors (Lipinski definition) is 3. The number of phenolic OH excluding ortho intramolecular Hbond substituents is 1. The lowest BCUT2D eigenvalue weighted by atomic mass is 10.1. The van der Waals surface area contributed by atoms with Crippen molar-refractivity contribution in [3.63, 3.8) is 0 Å². The van der Waals surface area contributed by atoms with E-state index in [1.807, 2.05) is 30.3 Å². The van der Waals surface area contributed by atoms with E-state index in [1.165, 1.54) is 6.07 Å². The van der Waals surface area contributed by atoms with Crippen molar-refractivity contribution in [2.45, 2.75) is 12.6 Å². The minimum atomic E-state index is -0.598. The summed E-state index contributed by atoms with van der Waals surface area (Å²) in [5.41, 5.74) is 1.56. The molecule has 4 heteroatoms. The number of nitriles is 1. The van der Waals surface area contributed by atoms with Gasteiger partial charge >= 0.3 is 0 Å². The second kappa shape index (κ2) is 6.24. The number of halogens is 1. The van der Waals surface area contributed by atoms with Crippen LogP contribution in [0.15, 0.2) is 48.5 Å². The maximum absolute atomic E-state index is 9.78. The largest absolute Gasteiger partial charge is 0.508 e. The zero-order chi connectivity index (χ0) is 13.7. The molecule has 0 fully saturated rings. The van der Waals surface area contributed by atoms with Gasteiger partial charge in [0.1, 0.15) is 11.8 Å². The molecule has 0 saturated heterocycles. The molecule has 0 aliphatic heterocycles. The summed E-state index contributed by atoms with van der Waals surface area (Å²) in [5.74, 6) is 0.0662. The van der Waals surface area contributed by atoms with Gasteiger partial charge in [0.15, 0.2) is 0 Å². The first-order valence-electron chi connectivity index (χ1n) is 5.86. The fourth-order valence-corrected chi connectivity index (χ4v) is 1.98. The average Bonchev–Trinajstić information content (AvgIpc) is 2.44. The summed E-state index contributed by atoms with van der Waals surface area (Å²) in [6.07, 6.45) is 0. The van der Waals surface area contributed by atoms with Gasteiger partial charge in [0, 0.05) is 17.1 Å². The molecular weight excluding hydrogens is 260 g/mol. The molecule has 2 aromatic rings. The Bertz CT molecular complexity index is 593. The lowest BCUT2D eigenvalue weighted by Gasteiger charge is -2.13. The van der Waals surface area contributed by atoms with Gasteiger partial charge in [-0.05, 0) is 23.8 Å². The first-order chi connectivity index (χ1) is 9.20. The van der Waals surface area contributed by atoms with Crippen molar-refractivity contribution in [3.05, 3.63) is 64.7 Å². The quantitative estimate of drug-likeness (QED) is 0.897. The van der Waals surface area contributed by atoms with Crippen LogP contribution in [0.25, 0.3) is 0 Å². The number of phenols is 1. The van der Waals surface area contributed by atoms with Crippen LogP contribution in [0.3, 0.4) is 0 Å². The van der Waals surface area contributed by atoms with Crippen LogP contribution in [0.1, 0.15) is 17.2 Å². The Labute approximate surface area is 117 Å². The van der Waals surface area contributed by atoms with Gasteiger partial charge < -0.3 is 5.11 Å². The number of nitrogens with zero attached hydrogens (tertiary/aromatic N) is 1. The van der Waals surface area contributed by atoms with E-state index in [1.54, 1.807) is 12.1 Å². The van der Waals surface area contributed by atoms with Crippen LogP contribution in [0.2, 0.25) is 5.02 Å². The van der Waals surface area contributed by atoms with Crippen molar-refractivity contribution < 1.29 is 5.11 Å². The summed E-state index contributed by atoms with van der Waals surface area (Å²) in [4.78, 5) is 0. The van der Waals surface area contributed by atoms with Crippen molar-refractivity contribution in [3.8, 4) is 11.8 Å². The van der Waals surface area contributed by atoms with Gasteiger partial charge in [-0.1, -0.05) is 41.9 Å². The summed E-state index contributed by atoms with van der Waals surface area (Å²) in [5, 5.41) is 22.6. The smallest absolute Gasteiger partial charge is 0.125 e. The standard InChI is InChI=1S/C15H13ClN2O/c16-12-6-7-15(19)13(8-12)14(9-17)18-10-11-4-2-1-3-5-11/h1-8,14,18-19H,10H2. The Morgan fingerprint density at radius 2 is 1.95 bits per heavy atom. The van der Waals surface area contributed by atoms with E-state index in [0.717, 1.165) is 5.56 Å². The molecule has 0 aliphatic carbocycles. The van der Waals surface area contributed by atoms with Crippen molar-refractivity contribution in [1.29, 1.82) is 5.26 Å². The van der Waals surface area contributed by atoms with Gasteiger partial charge in [0.25, 0.3) is 0 Å². The number of benzene rings is 2. The Morgan fingerprint density at radius 1 is 1.21 bits per heavy atom. The third-order valence-corrected chi connectivity index (χ3v) is 3.02. The SMILES string of the molecule is N#CC(NCc1ccccc1)c1cc(Cl)ccc1O. The fraction of sp³-hybridized carbons (Fsp3) is 0.133. The summed E-state index contributed by atoms with van der Waals surface area (Å²) in [6.45, 7) is 0.547. The molecule has 96 valence electrons. The van der Waals surface area contributed by atoms with Crippen molar-refractivity contribution in [1.82, 2.24) is 5.32 Å². The molecule has 2 rings (SSSR count). The van der Waals surface area contributed by atoms with E-state index in [-0.39, 0.29) is 5.75 Å². The summed E-state index contributed by atoms with van der Waals surface area (Å²) in [6, 6.07) is 16.0. The highest BCUT2D eigenvalue weighted by Crippen LogP contribution is 2.27.